The quantitative estimate of drug-likeness (QED) is 0.0747. The highest BCUT2D eigenvalue weighted by atomic mass is 16.5. The van der Waals surface area contributed by atoms with Crippen LogP contribution in [-0.2, 0) is 43.1 Å². The lowest BCUT2D eigenvalue weighted by Gasteiger charge is -2.15. The molecule has 0 spiro atoms. The second-order valence-electron chi connectivity index (χ2n) is 9.49. The van der Waals surface area contributed by atoms with Gasteiger partial charge < -0.3 is 40.5 Å². The van der Waals surface area contributed by atoms with Gasteiger partial charge in [0, 0.05) is 48.5 Å². The second-order valence-corrected chi connectivity index (χ2v) is 9.49. The summed E-state index contributed by atoms with van der Waals surface area (Å²) < 4.78 is 5.22. The van der Waals surface area contributed by atoms with Crippen molar-refractivity contribution in [1.29, 1.82) is 0 Å². The maximum atomic E-state index is 12.0. The smallest absolute Gasteiger partial charge is 0.308 e. The Balaban J connectivity index is -0.0000000771. The Hall–Kier alpha value is -4.24. The maximum absolute atomic E-state index is 12.0. The van der Waals surface area contributed by atoms with Gasteiger partial charge in [-0.1, -0.05) is 78.1 Å². The van der Waals surface area contributed by atoms with E-state index in [1.54, 1.807) is 0 Å². The van der Waals surface area contributed by atoms with Crippen LogP contribution in [0.5, 0.6) is 0 Å². The summed E-state index contributed by atoms with van der Waals surface area (Å²) in [7, 11) is 0. The van der Waals surface area contributed by atoms with Crippen LogP contribution < -0.4 is 0 Å². The summed E-state index contributed by atoms with van der Waals surface area (Å²) in [6.45, 7) is 14.5. The zero-order valence-corrected chi connectivity index (χ0v) is 30.6. The highest BCUT2D eigenvalue weighted by Crippen LogP contribution is 2.20. The highest BCUT2D eigenvalue weighted by molar-refractivity contribution is 5.72. The molecule has 48 heavy (non-hydrogen) atoms. The van der Waals surface area contributed by atoms with Gasteiger partial charge in [0.05, 0.1) is 12.5 Å². The molecule has 0 amide bonds. The van der Waals surface area contributed by atoms with Crippen molar-refractivity contribution in [3.05, 3.63) is 0 Å². The second kappa shape index (κ2) is 55.2. The molecule has 0 saturated carbocycles. The molecule has 0 aliphatic heterocycles. The third-order valence-electron chi connectivity index (χ3n) is 3.93. The number of hydrogen-bond acceptors (Lipinski definition) is 9. The molecule has 0 aromatic heterocycles. The Morgan fingerprint density at radius 3 is 0.750 bits per heavy atom. The number of esters is 1. The third kappa shape index (κ3) is 247. The minimum atomic E-state index is -0.833. The zero-order valence-electron chi connectivity index (χ0n) is 30.6. The fourth-order valence-electron chi connectivity index (χ4n) is 2.63. The number of rotatable bonds is 14. The van der Waals surface area contributed by atoms with Gasteiger partial charge in [0.15, 0.2) is 0 Å². The van der Waals surface area contributed by atoms with Crippen molar-refractivity contribution < 1.29 is 78.8 Å². The molecule has 288 valence electrons. The predicted molar refractivity (Wildman–Crippen MR) is 180 cm³/mol. The lowest BCUT2D eigenvalue weighted by Crippen LogP contribution is -2.18. The normalized spacial score (nSPS) is 8.23. The maximum Gasteiger partial charge on any atom is 0.308 e. The van der Waals surface area contributed by atoms with Gasteiger partial charge in [-0.25, -0.2) is 0 Å². The number of carboxylic acid groups (broad SMARTS) is 7. The number of ether oxygens (including phenoxy) is 1. The first kappa shape index (κ1) is 62.6. The Kier molecular flexibility index (Phi) is 71.9. The van der Waals surface area contributed by atoms with Crippen LogP contribution in [0.25, 0.3) is 0 Å². The van der Waals surface area contributed by atoms with E-state index < -0.39 is 41.8 Å². The van der Waals surface area contributed by atoms with Crippen LogP contribution in [-0.4, -0.2) is 90.1 Å². The van der Waals surface area contributed by atoms with Gasteiger partial charge in [0.1, 0.15) is 0 Å². The monoisotopic (exact) mass is 704 g/mol. The van der Waals surface area contributed by atoms with Crippen LogP contribution in [0.15, 0.2) is 0 Å². The van der Waals surface area contributed by atoms with E-state index in [9.17, 15) is 4.79 Å². The molecule has 0 bridgehead atoms. The van der Waals surface area contributed by atoms with Gasteiger partial charge in [-0.05, 0) is 19.8 Å². The van der Waals surface area contributed by atoms with Crippen molar-refractivity contribution >= 4 is 47.8 Å². The Morgan fingerprint density at radius 2 is 0.583 bits per heavy atom. The third-order valence-corrected chi connectivity index (χ3v) is 3.93. The molecule has 0 aromatic rings. The van der Waals surface area contributed by atoms with Crippen LogP contribution in [0.1, 0.15) is 146 Å². The summed E-state index contributed by atoms with van der Waals surface area (Å²) >= 11 is 0. The van der Waals surface area contributed by atoms with E-state index in [1.165, 1.54) is 64.2 Å². The van der Waals surface area contributed by atoms with Gasteiger partial charge >= 0.3 is 5.97 Å². The molecule has 0 atom stereocenters. The molecule has 0 aliphatic carbocycles. The lowest BCUT2D eigenvalue weighted by molar-refractivity contribution is -0.148. The molecule has 0 unspecified atom stereocenters. The first-order valence-corrected chi connectivity index (χ1v) is 15.4. The van der Waals surface area contributed by atoms with E-state index in [2.05, 4.69) is 13.8 Å². The summed E-state index contributed by atoms with van der Waals surface area (Å²) in [4.78, 5) is 75.0. The van der Waals surface area contributed by atoms with Gasteiger partial charge in [-0.2, -0.15) is 0 Å². The lowest BCUT2D eigenvalue weighted by atomic mass is 9.94. The Morgan fingerprint density at radius 1 is 0.396 bits per heavy atom. The molecule has 0 heterocycles. The van der Waals surface area contributed by atoms with Crippen LogP contribution in [0.4, 0.5) is 0 Å². The zero-order chi connectivity index (χ0) is 40.1. The van der Waals surface area contributed by atoms with Crippen LogP contribution >= 0.6 is 0 Å². The molecule has 0 aliphatic rings. The van der Waals surface area contributed by atoms with Crippen LogP contribution in [0.2, 0.25) is 0 Å². The average molecular weight is 705 g/mol. The SMILES string of the molecule is CC(=O)O.CC(=O)O.CC(=O)O.CC(=O)O.CC(=O)O.CC(=O)O.CC(=O)O.CCCCCCCC(CCCCCCC)C(=O)OCC. The number of hydrogen-bond donors (Lipinski definition) is 7. The van der Waals surface area contributed by atoms with Crippen LogP contribution in [0, 0.1) is 5.92 Å². The van der Waals surface area contributed by atoms with Crippen molar-refractivity contribution in [2.45, 2.75) is 146 Å². The number of carbonyl (C=O) groups excluding carboxylic acids is 1. The van der Waals surface area contributed by atoms with E-state index in [4.69, 9.17) is 74.0 Å². The first-order chi connectivity index (χ1) is 21.9. The minimum absolute atomic E-state index is 0.0403. The molecule has 16 heteroatoms. The van der Waals surface area contributed by atoms with Crippen molar-refractivity contribution in [2.24, 2.45) is 5.92 Å². The molecule has 7 N–H and O–H groups in total. The number of carbonyl (C=O) groups is 8. The van der Waals surface area contributed by atoms with Crippen LogP contribution in [0.3, 0.4) is 0 Å². The fourth-order valence-corrected chi connectivity index (χ4v) is 2.63. The van der Waals surface area contributed by atoms with Gasteiger partial charge in [-0.15, -0.1) is 0 Å². The summed E-state index contributed by atoms with van der Waals surface area (Å²) in [5.41, 5.74) is 0. The summed E-state index contributed by atoms with van der Waals surface area (Å²) in [5.74, 6) is -5.64. The molecule has 16 nitrogen and oxygen atoms in total. The fraction of sp³-hybridized carbons (Fsp3) is 0.750. The molecule has 0 fully saturated rings. The largest absolute Gasteiger partial charge is 0.481 e. The van der Waals surface area contributed by atoms with Crippen molar-refractivity contribution in [3.8, 4) is 0 Å². The Bertz CT molecular complexity index is 635. The molecule has 0 radical (unpaired) electrons. The van der Waals surface area contributed by atoms with Gasteiger partial charge in [0.25, 0.3) is 41.8 Å². The summed E-state index contributed by atoms with van der Waals surface area (Å²) in [6, 6.07) is 0. The van der Waals surface area contributed by atoms with Crippen molar-refractivity contribution in [2.75, 3.05) is 6.61 Å². The van der Waals surface area contributed by atoms with Crippen molar-refractivity contribution in [1.82, 2.24) is 0 Å². The van der Waals surface area contributed by atoms with E-state index in [0.717, 1.165) is 61.3 Å². The summed E-state index contributed by atoms with van der Waals surface area (Å²) in [5, 5.41) is 51.9. The molecular formula is C32H64O16. The molecule has 0 rings (SSSR count). The number of aliphatic carboxylic acids is 7. The molecule has 0 aromatic carbocycles. The highest BCUT2D eigenvalue weighted by Gasteiger charge is 2.18. The van der Waals surface area contributed by atoms with E-state index in [0.29, 0.717) is 6.61 Å². The summed E-state index contributed by atoms with van der Waals surface area (Å²) in [6.07, 6.45) is 14.7. The van der Waals surface area contributed by atoms with Gasteiger partial charge in [0.2, 0.25) is 0 Å². The van der Waals surface area contributed by atoms with Crippen molar-refractivity contribution in [3.63, 3.8) is 0 Å². The molecular weight excluding hydrogens is 640 g/mol. The number of carboxylic acids is 7. The Labute approximate surface area is 285 Å². The van der Waals surface area contributed by atoms with E-state index >= 15 is 0 Å². The first-order valence-electron chi connectivity index (χ1n) is 15.4. The topological polar surface area (TPSA) is 287 Å². The standard InChI is InChI=1S/C18H36O2.7C2H4O2/c1-4-7-9-11-13-15-17(18(19)20-6-3)16-14-12-10-8-5-2;7*1-2(3)4/h17H,4-16H2,1-3H3;7*1H3,(H,3,4). The number of unbranched alkanes of at least 4 members (excludes halogenated alkanes) is 8. The molecule has 0 saturated heterocycles. The minimum Gasteiger partial charge on any atom is -0.481 e. The van der Waals surface area contributed by atoms with E-state index in [-0.39, 0.29) is 11.9 Å². The predicted octanol–water partition coefficient (Wildman–Crippen LogP) is 6.52. The average Bonchev–Trinajstić information content (AvgIpc) is 2.85. The van der Waals surface area contributed by atoms with E-state index in [1.807, 2.05) is 6.92 Å². The van der Waals surface area contributed by atoms with Gasteiger partial charge in [-0.3, -0.25) is 38.4 Å².